The number of rotatable bonds is 5. The van der Waals surface area contributed by atoms with Crippen LogP contribution in [0.15, 0.2) is 22.9 Å². The van der Waals surface area contributed by atoms with Crippen molar-refractivity contribution in [3.63, 3.8) is 0 Å². The van der Waals surface area contributed by atoms with Crippen LogP contribution in [-0.2, 0) is 14.4 Å². The van der Waals surface area contributed by atoms with Crippen LogP contribution in [0.2, 0.25) is 0 Å². The average molecular weight is 374 g/mol. The summed E-state index contributed by atoms with van der Waals surface area (Å²) in [6, 6.07) is 0. The number of likely N-dealkylation sites (tertiary alicyclic amines) is 1. The number of amides is 2. The summed E-state index contributed by atoms with van der Waals surface area (Å²) < 4.78 is 0. The minimum absolute atomic E-state index is 0.0576. The summed E-state index contributed by atoms with van der Waals surface area (Å²) in [4.78, 5) is 38.4. The number of carboxylic acids is 1. The molecule has 1 fully saturated rings. The number of allylic oxidation sites excluding steroid dienone is 2. The lowest BCUT2D eigenvalue weighted by atomic mass is 9.97. The van der Waals surface area contributed by atoms with Gasteiger partial charge in [-0.15, -0.1) is 0 Å². The molecule has 0 radical (unpaired) electrons. The number of hydrogen-bond acceptors (Lipinski definition) is 4. The first-order chi connectivity index (χ1) is 12.6. The van der Waals surface area contributed by atoms with Crippen molar-refractivity contribution < 1.29 is 24.6 Å². The van der Waals surface area contributed by atoms with E-state index >= 15 is 0 Å². The zero-order valence-electron chi connectivity index (χ0n) is 16.0. The van der Waals surface area contributed by atoms with E-state index in [2.05, 4.69) is 11.8 Å². The first-order valence-electron chi connectivity index (χ1n) is 8.98. The average Bonchev–Trinajstić information content (AvgIpc) is 3.02. The van der Waals surface area contributed by atoms with Crippen molar-refractivity contribution in [1.29, 1.82) is 0 Å². The summed E-state index contributed by atoms with van der Waals surface area (Å²) in [5.41, 5.74) is 0.646. The van der Waals surface area contributed by atoms with E-state index in [1.54, 1.807) is 11.0 Å². The van der Waals surface area contributed by atoms with E-state index in [4.69, 9.17) is 0 Å². The van der Waals surface area contributed by atoms with Crippen molar-refractivity contribution in [2.24, 2.45) is 5.41 Å². The normalized spacial score (nSPS) is 17.9. The molecule has 2 aliphatic rings. The molecule has 0 aromatic heterocycles. The van der Waals surface area contributed by atoms with Gasteiger partial charge in [0.1, 0.15) is 6.54 Å². The van der Waals surface area contributed by atoms with Gasteiger partial charge in [-0.05, 0) is 39.7 Å². The maximum absolute atomic E-state index is 12.5. The second kappa shape index (κ2) is 8.40. The van der Waals surface area contributed by atoms with Gasteiger partial charge in [0.05, 0.1) is 17.4 Å². The molecule has 1 heterocycles. The fourth-order valence-electron chi connectivity index (χ4n) is 2.91. The Morgan fingerprint density at radius 2 is 1.96 bits per heavy atom. The van der Waals surface area contributed by atoms with Crippen LogP contribution in [0.25, 0.3) is 0 Å². The molecule has 1 aliphatic carbocycles. The van der Waals surface area contributed by atoms with E-state index in [1.807, 2.05) is 20.8 Å². The molecule has 1 saturated heterocycles. The molecule has 0 bridgehead atoms. The summed E-state index contributed by atoms with van der Waals surface area (Å²) in [7, 11) is 0. The van der Waals surface area contributed by atoms with Crippen LogP contribution in [-0.4, -0.2) is 64.0 Å². The molecule has 7 nitrogen and oxygen atoms in total. The minimum Gasteiger partial charge on any atom is -0.478 e. The number of aliphatic hydroxyl groups is 1. The third-order valence-electron chi connectivity index (χ3n) is 4.40. The number of carbonyl (C=O) groups is 3. The monoisotopic (exact) mass is 374 g/mol. The molecule has 0 aromatic rings. The topological polar surface area (TPSA) is 98.2 Å². The molecule has 1 aliphatic heterocycles. The van der Waals surface area contributed by atoms with Gasteiger partial charge in [-0.1, -0.05) is 11.8 Å². The molecule has 146 valence electrons. The van der Waals surface area contributed by atoms with E-state index in [0.29, 0.717) is 37.9 Å². The lowest BCUT2D eigenvalue weighted by Crippen LogP contribution is -2.44. The van der Waals surface area contributed by atoms with Crippen LogP contribution in [0.3, 0.4) is 0 Å². The highest BCUT2D eigenvalue weighted by Gasteiger charge is 2.28. The molecule has 7 heteroatoms. The van der Waals surface area contributed by atoms with Crippen molar-refractivity contribution in [2.75, 3.05) is 19.6 Å². The fourth-order valence-corrected chi connectivity index (χ4v) is 2.91. The molecular formula is C20H26N2O5. The zero-order chi connectivity index (χ0) is 20.2. The van der Waals surface area contributed by atoms with E-state index in [9.17, 15) is 24.6 Å². The predicted molar refractivity (Wildman–Crippen MR) is 99.2 cm³/mol. The van der Waals surface area contributed by atoms with E-state index < -0.39 is 12.1 Å². The van der Waals surface area contributed by atoms with Crippen LogP contribution in [0.4, 0.5) is 0 Å². The minimum atomic E-state index is -1.13. The quantitative estimate of drug-likeness (QED) is 0.556. The van der Waals surface area contributed by atoms with E-state index in [0.717, 1.165) is 4.90 Å². The number of aliphatic hydroxyl groups excluding tert-OH is 1. The molecule has 0 spiro atoms. The SMILES string of the molecule is CC(C)(C)C#CC1=CC(N(C=O)CC(=O)N2CCC(O)CC2)=C(C(=O)O)C1. The van der Waals surface area contributed by atoms with E-state index in [-0.39, 0.29) is 35.6 Å². The molecule has 27 heavy (non-hydrogen) atoms. The van der Waals surface area contributed by atoms with Gasteiger partial charge in [-0.3, -0.25) is 9.59 Å². The van der Waals surface area contributed by atoms with Crippen LogP contribution < -0.4 is 0 Å². The highest BCUT2D eigenvalue weighted by molar-refractivity contribution is 5.91. The Labute approximate surface area is 159 Å². The number of piperidine rings is 1. The molecule has 0 aromatic carbocycles. The lowest BCUT2D eigenvalue weighted by Gasteiger charge is -2.31. The molecule has 2 rings (SSSR count). The molecule has 0 atom stereocenters. The third-order valence-corrected chi connectivity index (χ3v) is 4.40. The standard InChI is InChI=1S/C20H26N2O5/c1-20(2,3)7-4-14-10-16(19(26)27)17(11-14)22(13-23)12-18(25)21-8-5-15(24)6-9-21/h11,13,15,24H,5-6,8-10,12H2,1-3H3,(H,26,27). The molecular weight excluding hydrogens is 348 g/mol. The van der Waals surface area contributed by atoms with Gasteiger partial charge in [0.2, 0.25) is 12.3 Å². The zero-order valence-corrected chi connectivity index (χ0v) is 16.0. The second-order valence-corrected chi connectivity index (χ2v) is 7.86. The Bertz CT molecular complexity index is 741. The number of hydrogen-bond donors (Lipinski definition) is 2. The maximum atomic E-state index is 12.5. The van der Waals surface area contributed by atoms with Crippen LogP contribution in [0.5, 0.6) is 0 Å². The Morgan fingerprint density at radius 3 is 2.48 bits per heavy atom. The van der Waals surface area contributed by atoms with Gasteiger partial charge in [0.15, 0.2) is 0 Å². The van der Waals surface area contributed by atoms with Crippen molar-refractivity contribution in [1.82, 2.24) is 9.80 Å². The van der Waals surface area contributed by atoms with Crippen molar-refractivity contribution >= 4 is 18.3 Å². The van der Waals surface area contributed by atoms with Crippen LogP contribution >= 0.6 is 0 Å². The number of carbonyl (C=O) groups excluding carboxylic acids is 2. The number of aliphatic carboxylic acids is 1. The van der Waals surface area contributed by atoms with Crippen molar-refractivity contribution in [3.05, 3.63) is 22.9 Å². The summed E-state index contributed by atoms with van der Waals surface area (Å²) in [6.45, 7) is 6.48. The molecule has 0 unspecified atom stereocenters. The molecule has 0 saturated carbocycles. The summed E-state index contributed by atoms with van der Waals surface area (Å²) in [5, 5.41) is 19.0. The smallest absolute Gasteiger partial charge is 0.334 e. The Balaban J connectivity index is 2.18. The largest absolute Gasteiger partial charge is 0.478 e. The first-order valence-corrected chi connectivity index (χ1v) is 8.98. The first kappa shape index (κ1) is 20.7. The van der Waals surface area contributed by atoms with Crippen LogP contribution in [0.1, 0.15) is 40.0 Å². The predicted octanol–water partition coefficient (Wildman–Crippen LogP) is 1.15. The Morgan fingerprint density at radius 1 is 1.33 bits per heavy atom. The van der Waals surface area contributed by atoms with E-state index in [1.165, 1.54) is 0 Å². The fraction of sp³-hybridized carbons (Fsp3) is 0.550. The summed E-state index contributed by atoms with van der Waals surface area (Å²) in [5.74, 6) is 4.63. The highest BCUT2D eigenvalue weighted by Crippen LogP contribution is 2.28. The number of nitrogens with zero attached hydrogens (tertiary/aromatic N) is 2. The molecule has 2 N–H and O–H groups in total. The highest BCUT2D eigenvalue weighted by atomic mass is 16.4. The maximum Gasteiger partial charge on any atom is 0.334 e. The Hall–Kier alpha value is -2.59. The second-order valence-electron chi connectivity index (χ2n) is 7.86. The third kappa shape index (κ3) is 5.69. The van der Waals surface area contributed by atoms with Gasteiger partial charge < -0.3 is 20.0 Å². The Kier molecular flexibility index (Phi) is 6.45. The van der Waals surface area contributed by atoms with Gasteiger partial charge in [-0.25, -0.2) is 4.79 Å². The van der Waals surface area contributed by atoms with Crippen molar-refractivity contribution in [3.8, 4) is 11.8 Å². The van der Waals surface area contributed by atoms with Gasteiger partial charge in [0, 0.05) is 30.5 Å². The lowest BCUT2D eigenvalue weighted by molar-refractivity contribution is -0.137. The van der Waals surface area contributed by atoms with Gasteiger partial charge in [-0.2, -0.15) is 0 Å². The molecule has 2 amide bonds. The van der Waals surface area contributed by atoms with Gasteiger partial charge >= 0.3 is 5.97 Å². The number of carboxylic acid groups (broad SMARTS) is 1. The van der Waals surface area contributed by atoms with Crippen LogP contribution in [0, 0.1) is 17.3 Å². The summed E-state index contributed by atoms with van der Waals surface area (Å²) >= 11 is 0. The van der Waals surface area contributed by atoms with Crippen molar-refractivity contribution in [2.45, 2.75) is 46.1 Å². The van der Waals surface area contributed by atoms with Gasteiger partial charge in [0.25, 0.3) is 0 Å². The summed E-state index contributed by atoms with van der Waals surface area (Å²) in [6.07, 6.45) is 2.78.